The van der Waals surface area contributed by atoms with E-state index in [1.165, 1.54) is 0 Å². The van der Waals surface area contributed by atoms with Gasteiger partial charge < -0.3 is 4.98 Å². The van der Waals surface area contributed by atoms with Gasteiger partial charge in [-0.2, -0.15) is 5.10 Å². The van der Waals surface area contributed by atoms with Crippen LogP contribution in [0.2, 0.25) is 5.02 Å². The monoisotopic (exact) mass is 347 g/mol. The third kappa shape index (κ3) is 4.60. The molecule has 0 saturated heterocycles. The molecule has 5 nitrogen and oxygen atoms in total. The number of benzene rings is 1. The van der Waals surface area contributed by atoms with Gasteiger partial charge in [0.15, 0.2) is 6.29 Å². The number of hydrazone groups is 1. The maximum atomic E-state index is 6.01. The molecule has 24 heavy (non-hydrogen) atoms. The Kier molecular flexibility index (Phi) is 6.85. The van der Waals surface area contributed by atoms with Gasteiger partial charge in [-0.1, -0.05) is 37.6 Å². The van der Waals surface area contributed by atoms with E-state index in [1.54, 1.807) is 0 Å². The summed E-state index contributed by atoms with van der Waals surface area (Å²) in [5.74, 6) is 0. The molecule has 130 valence electrons. The molecule has 0 aliphatic rings. The van der Waals surface area contributed by atoms with Gasteiger partial charge in [0.25, 0.3) is 0 Å². The first-order valence-corrected chi connectivity index (χ1v) is 8.58. The second-order valence-corrected chi connectivity index (χ2v) is 6.18. The Morgan fingerprint density at radius 3 is 2.33 bits per heavy atom. The third-order valence-electron chi connectivity index (χ3n) is 3.91. The molecule has 2 rings (SSSR count). The van der Waals surface area contributed by atoms with E-state index in [9.17, 15) is 0 Å². The van der Waals surface area contributed by atoms with Crippen LogP contribution in [0.1, 0.15) is 25.1 Å². The molecule has 0 amide bonds. The molecule has 1 unspecified atom stereocenters. The Morgan fingerprint density at radius 2 is 1.83 bits per heavy atom. The van der Waals surface area contributed by atoms with Crippen molar-refractivity contribution >= 4 is 17.3 Å². The largest absolute Gasteiger partial charge is 0.360 e. The highest BCUT2D eigenvalue weighted by molar-refractivity contribution is 6.30. The lowest BCUT2D eigenvalue weighted by atomic mass is 10.1. The minimum atomic E-state index is 0.0252. The molecular formula is C18H26ClN5. The maximum absolute atomic E-state index is 6.01. The van der Waals surface area contributed by atoms with E-state index in [0.717, 1.165) is 30.1 Å². The summed E-state index contributed by atoms with van der Waals surface area (Å²) in [6.07, 6.45) is 1.92. The minimum Gasteiger partial charge on any atom is -0.360 e. The number of rotatable bonds is 8. The van der Waals surface area contributed by atoms with Gasteiger partial charge >= 0.3 is 0 Å². The number of nitrogens with zero attached hydrogens (tertiary/aromatic N) is 3. The average Bonchev–Trinajstić information content (AvgIpc) is 3.10. The van der Waals surface area contributed by atoms with E-state index in [4.69, 9.17) is 16.7 Å². The summed E-state index contributed by atoms with van der Waals surface area (Å²) in [7, 11) is 4.09. The molecule has 1 aromatic carbocycles. The molecule has 1 atom stereocenters. The van der Waals surface area contributed by atoms with Crippen molar-refractivity contribution in [1.82, 2.24) is 20.2 Å². The second-order valence-electron chi connectivity index (χ2n) is 5.74. The Morgan fingerprint density at radius 1 is 1.17 bits per heavy atom. The molecular weight excluding hydrogens is 322 g/mol. The summed E-state index contributed by atoms with van der Waals surface area (Å²) in [6, 6.07) is 11.7. The van der Waals surface area contributed by atoms with Crippen LogP contribution in [0.25, 0.3) is 0 Å². The summed E-state index contributed by atoms with van der Waals surface area (Å²) in [4.78, 5) is 7.65. The lowest BCUT2D eigenvalue weighted by Gasteiger charge is -2.34. The Labute approximate surface area is 149 Å². The van der Waals surface area contributed by atoms with E-state index in [2.05, 4.69) is 34.1 Å². The standard InChI is InChI=1S/C18H26ClN5/c1-5-24(6-2)18(23(3)4)22-21-17(16-8-7-13-20-16)14-9-11-15(19)12-10-14/h7-13,18,20,22H,5-6H2,1-4H3/b21-17+. The summed E-state index contributed by atoms with van der Waals surface area (Å²) >= 11 is 6.01. The summed E-state index contributed by atoms with van der Waals surface area (Å²) in [5.41, 5.74) is 6.13. The van der Waals surface area contributed by atoms with Gasteiger partial charge in [-0.25, -0.2) is 0 Å². The third-order valence-corrected chi connectivity index (χ3v) is 4.16. The highest BCUT2D eigenvalue weighted by Gasteiger charge is 2.17. The molecule has 0 spiro atoms. The highest BCUT2D eigenvalue weighted by atomic mass is 35.5. The molecule has 0 aliphatic carbocycles. The Hall–Kier alpha value is -1.82. The van der Waals surface area contributed by atoms with Crippen LogP contribution in [-0.4, -0.2) is 54.0 Å². The maximum Gasteiger partial charge on any atom is 0.152 e. The van der Waals surface area contributed by atoms with Crippen molar-refractivity contribution in [1.29, 1.82) is 0 Å². The SMILES string of the molecule is CCN(CC)C(N/N=C(\c1ccc(Cl)cc1)c1ccc[nH]1)N(C)C. The predicted molar refractivity (Wildman–Crippen MR) is 101 cm³/mol. The van der Waals surface area contributed by atoms with Gasteiger partial charge in [0, 0.05) is 16.8 Å². The van der Waals surface area contributed by atoms with E-state index < -0.39 is 0 Å². The quantitative estimate of drug-likeness (QED) is 0.438. The van der Waals surface area contributed by atoms with Gasteiger partial charge in [-0.05, 0) is 51.5 Å². The fraction of sp³-hybridized carbons (Fsp3) is 0.389. The van der Waals surface area contributed by atoms with E-state index in [-0.39, 0.29) is 6.29 Å². The van der Waals surface area contributed by atoms with Crippen LogP contribution in [0.5, 0.6) is 0 Å². The van der Waals surface area contributed by atoms with Gasteiger partial charge in [-0.15, -0.1) is 0 Å². The lowest BCUT2D eigenvalue weighted by Crippen LogP contribution is -2.52. The first-order chi connectivity index (χ1) is 11.6. The fourth-order valence-electron chi connectivity index (χ4n) is 2.58. The summed E-state index contributed by atoms with van der Waals surface area (Å²) < 4.78 is 0. The zero-order valence-electron chi connectivity index (χ0n) is 14.8. The minimum absolute atomic E-state index is 0.0252. The number of aromatic nitrogens is 1. The summed E-state index contributed by atoms with van der Waals surface area (Å²) in [6.45, 7) is 6.19. The molecule has 1 aromatic heterocycles. The van der Waals surface area contributed by atoms with Gasteiger partial charge in [0.1, 0.15) is 5.71 Å². The zero-order chi connectivity index (χ0) is 17.5. The highest BCUT2D eigenvalue weighted by Crippen LogP contribution is 2.14. The number of halogens is 1. The molecule has 0 fully saturated rings. The Balaban J connectivity index is 2.32. The van der Waals surface area contributed by atoms with Gasteiger partial charge in [-0.3, -0.25) is 15.2 Å². The molecule has 0 bridgehead atoms. The van der Waals surface area contributed by atoms with Crippen LogP contribution in [0.15, 0.2) is 47.7 Å². The molecule has 1 heterocycles. The van der Waals surface area contributed by atoms with E-state index >= 15 is 0 Å². The number of H-pyrrole nitrogens is 1. The predicted octanol–water partition coefficient (Wildman–Crippen LogP) is 3.20. The Bertz CT molecular complexity index is 630. The van der Waals surface area contributed by atoms with E-state index in [1.807, 2.05) is 56.7 Å². The van der Waals surface area contributed by atoms with Crippen LogP contribution in [0.3, 0.4) is 0 Å². The number of hydrogen-bond acceptors (Lipinski definition) is 4. The van der Waals surface area contributed by atoms with Crippen LogP contribution in [0, 0.1) is 0 Å². The topological polar surface area (TPSA) is 46.7 Å². The van der Waals surface area contributed by atoms with Crippen LogP contribution < -0.4 is 5.43 Å². The zero-order valence-corrected chi connectivity index (χ0v) is 15.5. The lowest BCUT2D eigenvalue weighted by molar-refractivity contribution is 0.0611. The first kappa shape index (κ1) is 18.5. The molecule has 0 radical (unpaired) electrons. The van der Waals surface area contributed by atoms with Crippen LogP contribution in [-0.2, 0) is 0 Å². The van der Waals surface area contributed by atoms with Crippen molar-refractivity contribution < 1.29 is 0 Å². The van der Waals surface area contributed by atoms with Crippen molar-refractivity contribution in [2.45, 2.75) is 20.1 Å². The van der Waals surface area contributed by atoms with Crippen LogP contribution in [0.4, 0.5) is 0 Å². The molecule has 0 saturated carbocycles. The second kappa shape index (κ2) is 8.87. The number of hydrogen-bond donors (Lipinski definition) is 2. The van der Waals surface area contributed by atoms with Crippen molar-refractivity contribution in [2.75, 3.05) is 27.2 Å². The molecule has 6 heteroatoms. The van der Waals surface area contributed by atoms with Crippen molar-refractivity contribution in [3.63, 3.8) is 0 Å². The van der Waals surface area contributed by atoms with Crippen LogP contribution >= 0.6 is 11.6 Å². The number of nitrogens with one attached hydrogen (secondary N) is 2. The first-order valence-electron chi connectivity index (χ1n) is 8.20. The molecule has 2 N–H and O–H groups in total. The van der Waals surface area contributed by atoms with Crippen molar-refractivity contribution in [2.24, 2.45) is 5.10 Å². The van der Waals surface area contributed by atoms with Gasteiger partial charge in [0.05, 0.1) is 5.69 Å². The number of aromatic amines is 1. The van der Waals surface area contributed by atoms with Gasteiger partial charge in [0.2, 0.25) is 0 Å². The smallest absolute Gasteiger partial charge is 0.152 e. The molecule has 0 aliphatic heterocycles. The van der Waals surface area contributed by atoms with E-state index in [0.29, 0.717) is 5.02 Å². The van der Waals surface area contributed by atoms with Crippen molar-refractivity contribution in [3.05, 3.63) is 58.9 Å². The van der Waals surface area contributed by atoms with Crippen molar-refractivity contribution in [3.8, 4) is 0 Å². The average molecular weight is 348 g/mol. The fourth-order valence-corrected chi connectivity index (χ4v) is 2.71. The summed E-state index contributed by atoms with van der Waals surface area (Å²) in [5, 5.41) is 5.43. The molecule has 2 aromatic rings. The normalized spacial score (nSPS) is 13.5.